The van der Waals surface area contributed by atoms with Gasteiger partial charge in [-0.3, -0.25) is 4.79 Å². The molecule has 20 heavy (non-hydrogen) atoms. The molecule has 0 saturated heterocycles. The fourth-order valence-corrected chi connectivity index (χ4v) is 3.27. The van der Waals surface area contributed by atoms with Crippen LogP contribution in [-0.2, 0) is 0 Å². The molecule has 1 N–H and O–H groups in total. The number of carbonyl (C=O) groups is 1. The zero-order valence-corrected chi connectivity index (χ0v) is 12.2. The lowest BCUT2D eigenvalue weighted by molar-refractivity contribution is 0.0903. The van der Waals surface area contributed by atoms with Crippen molar-refractivity contribution < 1.29 is 9.21 Å². The number of amides is 1. The molecule has 1 aliphatic rings. The van der Waals surface area contributed by atoms with Gasteiger partial charge in [-0.05, 0) is 31.2 Å². The molecule has 106 valence electrons. The number of nitrogens with zero attached hydrogens (tertiary/aromatic N) is 2. The Balaban J connectivity index is 1.65. The van der Waals surface area contributed by atoms with Crippen molar-refractivity contribution in [2.24, 2.45) is 0 Å². The maximum atomic E-state index is 12.1. The first-order valence-corrected chi connectivity index (χ1v) is 7.79. The highest BCUT2D eigenvalue weighted by Gasteiger charge is 2.25. The molecule has 0 bridgehead atoms. The summed E-state index contributed by atoms with van der Waals surface area (Å²) in [5.74, 6) is 0.702. The van der Waals surface area contributed by atoms with Gasteiger partial charge in [-0.15, -0.1) is 21.5 Å². The molecule has 0 unspecified atom stereocenters. The second-order valence-corrected chi connectivity index (χ2v) is 6.12. The van der Waals surface area contributed by atoms with Crippen molar-refractivity contribution in [2.75, 3.05) is 0 Å². The second kappa shape index (κ2) is 5.75. The van der Waals surface area contributed by atoms with E-state index in [4.69, 9.17) is 4.42 Å². The lowest BCUT2D eigenvalue weighted by atomic mass is 10.1. The van der Waals surface area contributed by atoms with Crippen molar-refractivity contribution in [3.05, 3.63) is 34.2 Å². The molecular weight excluding hydrogens is 274 g/mol. The molecule has 6 heteroatoms. The van der Waals surface area contributed by atoms with Crippen LogP contribution in [0.25, 0.3) is 0 Å². The van der Waals surface area contributed by atoms with E-state index in [0.717, 1.165) is 17.7 Å². The highest BCUT2D eigenvalue weighted by molar-refractivity contribution is 7.10. The number of thiophene rings is 1. The maximum absolute atomic E-state index is 12.1. The zero-order chi connectivity index (χ0) is 13.9. The third-order valence-electron chi connectivity index (χ3n) is 3.66. The third-order valence-corrected chi connectivity index (χ3v) is 4.71. The van der Waals surface area contributed by atoms with E-state index in [-0.39, 0.29) is 17.8 Å². The molecule has 2 aromatic rings. The molecule has 1 amide bonds. The van der Waals surface area contributed by atoms with Gasteiger partial charge >= 0.3 is 11.8 Å². The van der Waals surface area contributed by atoms with Crippen LogP contribution in [0.3, 0.4) is 0 Å². The van der Waals surface area contributed by atoms with E-state index >= 15 is 0 Å². The van der Waals surface area contributed by atoms with Gasteiger partial charge in [0, 0.05) is 10.8 Å². The normalized spacial score (nSPS) is 17.2. The molecule has 1 aliphatic carbocycles. The lowest BCUT2D eigenvalue weighted by Gasteiger charge is -2.09. The number of hydrogen-bond acceptors (Lipinski definition) is 5. The second-order valence-electron chi connectivity index (χ2n) is 5.14. The molecule has 1 saturated carbocycles. The highest BCUT2D eigenvalue weighted by Crippen LogP contribution is 2.33. The van der Waals surface area contributed by atoms with Crippen LogP contribution in [0.4, 0.5) is 0 Å². The van der Waals surface area contributed by atoms with E-state index < -0.39 is 0 Å². The first kappa shape index (κ1) is 13.3. The zero-order valence-electron chi connectivity index (χ0n) is 11.3. The van der Waals surface area contributed by atoms with E-state index in [1.165, 1.54) is 12.8 Å². The molecule has 3 rings (SSSR count). The minimum atomic E-state index is -0.303. The molecular formula is C14H17N3O2S. The van der Waals surface area contributed by atoms with Gasteiger partial charge in [0.1, 0.15) is 0 Å². The Bertz CT molecular complexity index is 573. The molecule has 0 radical (unpaired) electrons. The van der Waals surface area contributed by atoms with Crippen LogP contribution >= 0.6 is 11.3 Å². The van der Waals surface area contributed by atoms with Crippen molar-refractivity contribution in [1.29, 1.82) is 0 Å². The molecule has 0 spiro atoms. The van der Waals surface area contributed by atoms with E-state index in [0.29, 0.717) is 11.8 Å². The van der Waals surface area contributed by atoms with Crippen LogP contribution in [0, 0.1) is 0 Å². The number of nitrogens with one attached hydrogen (secondary N) is 1. The Labute approximate surface area is 121 Å². The molecule has 2 heterocycles. The molecule has 0 aliphatic heterocycles. The van der Waals surface area contributed by atoms with Gasteiger partial charge in [0.25, 0.3) is 0 Å². The van der Waals surface area contributed by atoms with Crippen LogP contribution in [0.1, 0.15) is 66.0 Å². The summed E-state index contributed by atoms with van der Waals surface area (Å²) in [5.41, 5.74) is 0. The highest BCUT2D eigenvalue weighted by atomic mass is 32.1. The average molecular weight is 291 g/mol. The number of aromatic nitrogens is 2. The smallest absolute Gasteiger partial charge is 0.309 e. The summed E-state index contributed by atoms with van der Waals surface area (Å²) in [6.07, 6.45) is 4.55. The largest absolute Gasteiger partial charge is 0.417 e. The summed E-state index contributed by atoms with van der Waals surface area (Å²) in [7, 11) is 0. The van der Waals surface area contributed by atoms with Crippen molar-refractivity contribution in [1.82, 2.24) is 15.5 Å². The van der Waals surface area contributed by atoms with Gasteiger partial charge in [-0.2, -0.15) is 0 Å². The summed E-state index contributed by atoms with van der Waals surface area (Å²) in [5, 5.41) is 12.8. The van der Waals surface area contributed by atoms with Crippen LogP contribution in [-0.4, -0.2) is 16.1 Å². The van der Waals surface area contributed by atoms with Crippen molar-refractivity contribution >= 4 is 17.2 Å². The molecule has 1 atom stereocenters. The quantitative estimate of drug-likeness (QED) is 0.938. The van der Waals surface area contributed by atoms with Crippen LogP contribution in [0.2, 0.25) is 0 Å². The topological polar surface area (TPSA) is 68.0 Å². The molecule has 2 aromatic heterocycles. The molecule has 5 nitrogen and oxygen atoms in total. The van der Waals surface area contributed by atoms with E-state index in [1.807, 2.05) is 24.4 Å². The third kappa shape index (κ3) is 2.75. The Kier molecular flexibility index (Phi) is 3.82. The standard InChI is InChI=1S/C14H17N3O2S/c1-9(11-7-4-8-20-11)15-12(18)14-17-16-13(19-14)10-5-2-3-6-10/h4,7-10H,2-3,5-6H2,1H3,(H,15,18)/t9-/m1/s1. The van der Waals surface area contributed by atoms with Crippen molar-refractivity contribution in [3.63, 3.8) is 0 Å². The van der Waals surface area contributed by atoms with Crippen LogP contribution < -0.4 is 5.32 Å². The first-order valence-electron chi connectivity index (χ1n) is 6.91. The average Bonchev–Trinajstić information content (AvgIpc) is 3.19. The predicted octanol–water partition coefficient (Wildman–Crippen LogP) is 3.28. The summed E-state index contributed by atoms with van der Waals surface area (Å²) >= 11 is 1.61. The minimum Gasteiger partial charge on any atom is -0.417 e. The fraction of sp³-hybridized carbons (Fsp3) is 0.500. The monoisotopic (exact) mass is 291 g/mol. The number of hydrogen-bond donors (Lipinski definition) is 1. The molecule has 0 aromatic carbocycles. The van der Waals surface area contributed by atoms with E-state index in [1.54, 1.807) is 11.3 Å². The fourth-order valence-electron chi connectivity index (χ4n) is 2.53. The first-order chi connectivity index (χ1) is 9.74. The summed E-state index contributed by atoms with van der Waals surface area (Å²) < 4.78 is 5.52. The maximum Gasteiger partial charge on any atom is 0.309 e. The number of carbonyl (C=O) groups excluding carboxylic acids is 1. The van der Waals surface area contributed by atoms with Gasteiger partial charge in [-0.25, -0.2) is 0 Å². The summed E-state index contributed by atoms with van der Waals surface area (Å²) in [6.45, 7) is 1.94. The Morgan fingerprint density at radius 1 is 1.45 bits per heavy atom. The Morgan fingerprint density at radius 2 is 2.25 bits per heavy atom. The van der Waals surface area contributed by atoms with E-state index in [2.05, 4.69) is 15.5 Å². The van der Waals surface area contributed by atoms with Crippen molar-refractivity contribution in [2.45, 2.75) is 44.6 Å². The Hall–Kier alpha value is -1.69. The van der Waals surface area contributed by atoms with Gasteiger partial charge in [-0.1, -0.05) is 18.9 Å². The lowest BCUT2D eigenvalue weighted by Crippen LogP contribution is -2.26. The minimum absolute atomic E-state index is 0.0515. The summed E-state index contributed by atoms with van der Waals surface area (Å²) in [4.78, 5) is 13.2. The van der Waals surface area contributed by atoms with Crippen molar-refractivity contribution in [3.8, 4) is 0 Å². The van der Waals surface area contributed by atoms with Gasteiger partial charge in [0.2, 0.25) is 5.89 Å². The SMILES string of the molecule is C[C@@H](NC(=O)c1nnc(C2CCCC2)o1)c1cccs1. The van der Waals surface area contributed by atoms with Gasteiger partial charge in [0.15, 0.2) is 0 Å². The number of rotatable bonds is 4. The summed E-state index contributed by atoms with van der Waals surface area (Å²) in [6, 6.07) is 3.91. The molecule has 1 fully saturated rings. The van der Waals surface area contributed by atoms with E-state index in [9.17, 15) is 4.79 Å². The predicted molar refractivity (Wildman–Crippen MR) is 75.7 cm³/mol. The van der Waals surface area contributed by atoms with Crippen LogP contribution in [0.15, 0.2) is 21.9 Å². The van der Waals surface area contributed by atoms with Crippen LogP contribution in [0.5, 0.6) is 0 Å². The Morgan fingerprint density at radius 3 is 2.95 bits per heavy atom. The van der Waals surface area contributed by atoms with Gasteiger partial charge in [0.05, 0.1) is 6.04 Å². The van der Waals surface area contributed by atoms with Gasteiger partial charge < -0.3 is 9.73 Å².